The molecule has 2 rings (SSSR count). The molecule has 0 aromatic carbocycles. The molecular weight excluding hydrogens is 196 g/mol. The van der Waals surface area contributed by atoms with Crippen molar-refractivity contribution < 1.29 is 0 Å². The molecule has 0 saturated carbocycles. The molecule has 2 bridgehead atoms. The highest BCUT2D eigenvalue weighted by Gasteiger charge is 2.39. The minimum atomic E-state index is 0.792. The van der Waals surface area contributed by atoms with Crippen LogP contribution in [0.2, 0.25) is 0 Å². The third-order valence-corrected chi connectivity index (χ3v) is 4.17. The number of hydrogen-bond acceptors (Lipinski definition) is 2. The minimum Gasteiger partial charge on any atom is -0.314 e. The maximum absolute atomic E-state index is 3.63. The van der Waals surface area contributed by atoms with Gasteiger partial charge in [-0.2, -0.15) is 0 Å². The maximum atomic E-state index is 3.63. The SMILES string of the molecule is C/C=C/CCN1C2CCC1CC(NCC)C2. The van der Waals surface area contributed by atoms with E-state index in [1.54, 1.807) is 0 Å². The molecule has 2 heteroatoms. The highest BCUT2D eigenvalue weighted by Crippen LogP contribution is 2.35. The van der Waals surface area contributed by atoms with Crippen LogP contribution in [0.3, 0.4) is 0 Å². The molecule has 16 heavy (non-hydrogen) atoms. The molecule has 2 aliphatic rings. The molecule has 2 saturated heterocycles. The predicted molar refractivity (Wildman–Crippen MR) is 69.6 cm³/mol. The van der Waals surface area contributed by atoms with Crippen LogP contribution in [-0.2, 0) is 0 Å². The van der Waals surface area contributed by atoms with Gasteiger partial charge in [-0.1, -0.05) is 19.1 Å². The summed E-state index contributed by atoms with van der Waals surface area (Å²) in [4.78, 5) is 2.77. The summed E-state index contributed by atoms with van der Waals surface area (Å²) in [5.41, 5.74) is 0. The Balaban J connectivity index is 1.84. The first-order chi connectivity index (χ1) is 7.85. The Hall–Kier alpha value is -0.340. The van der Waals surface area contributed by atoms with Crippen LogP contribution in [0, 0.1) is 0 Å². The number of allylic oxidation sites excluding steroid dienone is 1. The fourth-order valence-electron chi connectivity index (χ4n) is 3.48. The van der Waals surface area contributed by atoms with Crippen molar-refractivity contribution in [3.05, 3.63) is 12.2 Å². The topological polar surface area (TPSA) is 15.3 Å². The van der Waals surface area contributed by atoms with Crippen LogP contribution in [0.15, 0.2) is 12.2 Å². The van der Waals surface area contributed by atoms with E-state index in [1.165, 1.54) is 38.6 Å². The summed E-state index contributed by atoms with van der Waals surface area (Å²) in [5, 5.41) is 3.63. The van der Waals surface area contributed by atoms with Crippen LogP contribution in [-0.4, -0.2) is 36.1 Å². The standard InChI is InChI=1S/C14H26N2/c1-3-5-6-9-16-13-7-8-14(16)11-12(10-13)15-4-2/h3,5,12-15H,4,6-11H2,1-2H3/b5-3+. The lowest BCUT2D eigenvalue weighted by Gasteiger charge is -2.39. The summed E-state index contributed by atoms with van der Waals surface area (Å²) >= 11 is 0. The Kier molecular flexibility index (Phi) is 4.42. The molecule has 2 nitrogen and oxygen atoms in total. The zero-order valence-electron chi connectivity index (χ0n) is 10.8. The van der Waals surface area contributed by atoms with Gasteiger partial charge in [0.1, 0.15) is 0 Å². The van der Waals surface area contributed by atoms with Crippen molar-refractivity contribution in [2.75, 3.05) is 13.1 Å². The van der Waals surface area contributed by atoms with Crippen molar-refractivity contribution in [2.24, 2.45) is 0 Å². The maximum Gasteiger partial charge on any atom is 0.0114 e. The Morgan fingerprint density at radius 1 is 1.25 bits per heavy atom. The molecule has 0 aromatic heterocycles. The highest BCUT2D eigenvalue weighted by molar-refractivity contribution is 4.98. The monoisotopic (exact) mass is 222 g/mol. The van der Waals surface area contributed by atoms with Crippen LogP contribution in [0.4, 0.5) is 0 Å². The summed E-state index contributed by atoms with van der Waals surface area (Å²) in [6, 6.07) is 2.53. The Labute approximate surface area is 100 Å². The van der Waals surface area contributed by atoms with Crippen molar-refractivity contribution in [1.82, 2.24) is 10.2 Å². The Bertz CT molecular complexity index is 223. The summed E-state index contributed by atoms with van der Waals surface area (Å²) in [6.07, 6.45) is 11.3. The Morgan fingerprint density at radius 3 is 2.50 bits per heavy atom. The van der Waals surface area contributed by atoms with Gasteiger partial charge in [-0.05, 0) is 45.6 Å². The van der Waals surface area contributed by atoms with Crippen LogP contribution in [0.5, 0.6) is 0 Å². The first-order valence-corrected chi connectivity index (χ1v) is 6.95. The van der Waals surface area contributed by atoms with Gasteiger partial charge in [0.05, 0.1) is 0 Å². The first-order valence-electron chi connectivity index (χ1n) is 6.95. The fraction of sp³-hybridized carbons (Fsp3) is 0.857. The van der Waals surface area contributed by atoms with Crippen molar-refractivity contribution in [3.8, 4) is 0 Å². The van der Waals surface area contributed by atoms with E-state index in [4.69, 9.17) is 0 Å². The van der Waals surface area contributed by atoms with E-state index in [2.05, 4.69) is 36.2 Å². The second-order valence-corrected chi connectivity index (χ2v) is 5.21. The van der Waals surface area contributed by atoms with Crippen molar-refractivity contribution in [2.45, 2.75) is 64.1 Å². The van der Waals surface area contributed by atoms with Gasteiger partial charge in [-0.25, -0.2) is 0 Å². The number of rotatable bonds is 5. The second kappa shape index (κ2) is 5.83. The lowest BCUT2D eigenvalue weighted by atomic mass is 9.97. The van der Waals surface area contributed by atoms with E-state index in [1.807, 2.05) is 0 Å². The number of fused-ring (bicyclic) bond motifs is 2. The third kappa shape index (κ3) is 2.67. The molecule has 2 atom stereocenters. The predicted octanol–water partition coefficient (Wildman–Crippen LogP) is 2.56. The Morgan fingerprint density at radius 2 is 1.94 bits per heavy atom. The van der Waals surface area contributed by atoms with Crippen LogP contribution >= 0.6 is 0 Å². The summed E-state index contributed by atoms with van der Waals surface area (Å²) in [6.45, 7) is 6.74. The molecule has 92 valence electrons. The van der Waals surface area contributed by atoms with Crippen LogP contribution in [0.1, 0.15) is 46.0 Å². The van der Waals surface area contributed by atoms with Gasteiger partial charge in [0.2, 0.25) is 0 Å². The molecule has 0 radical (unpaired) electrons. The van der Waals surface area contributed by atoms with E-state index in [-0.39, 0.29) is 0 Å². The smallest absolute Gasteiger partial charge is 0.0114 e. The molecule has 1 N–H and O–H groups in total. The molecule has 0 spiro atoms. The van der Waals surface area contributed by atoms with Crippen molar-refractivity contribution in [1.29, 1.82) is 0 Å². The summed E-state index contributed by atoms with van der Waals surface area (Å²) in [5.74, 6) is 0. The number of nitrogens with zero attached hydrogens (tertiary/aromatic N) is 1. The van der Waals surface area contributed by atoms with E-state index in [0.29, 0.717) is 0 Å². The lowest BCUT2D eigenvalue weighted by molar-refractivity contribution is 0.120. The van der Waals surface area contributed by atoms with E-state index in [0.717, 1.165) is 24.7 Å². The zero-order valence-corrected chi connectivity index (χ0v) is 10.8. The average molecular weight is 222 g/mol. The largest absolute Gasteiger partial charge is 0.314 e. The van der Waals surface area contributed by atoms with E-state index >= 15 is 0 Å². The molecule has 2 heterocycles. The van der Waals surface area contributed by atoms with Gasteiger partial charge in [0.25, 0.3) is 0 Å². The van der Waals surface area contributed by atoms with Gasteiger partial charge in [0.15, 0.2) is 0 Å². The highest BCUT2D eigenvalue weighted by atomic mass is 15.2. The fourth-order valence-corrected chi connectivity index (χ4v) is 3.48. The lowest BCUT2D eigenvalue weighted by Crippen LogP contribution is -2.49. The number of hydrogen-bond donors (Lipinski definition) is 1. The number of piperidine rings is 1. The minimum absolute atomic E-state index is 0.792. The average Bonchev–Trinajstić information content (AvgIpc) is 2.52. The van der Waals surface area contributed by atoms with Gasteiger partial charge >= 0.3 is 0 Å². The quantitative estimate of drug-likeness (QED) is 0.719. The zero-order chi connectivity index (χ0) is 11.4. The van der Waals surface area contributed by atoms with Gasteiger partial charge in [-0.3, -0.25) is 4.90 Å². The van der Waals surface area contributed by atoms with Crippen molar-refractivity contribution >= 4 is 0 Å². The van der Waals surface area contributed by atoms with Gasteiger partial charge < -0.3 is 5.32 Å². The molecule has 0 aromatic rings. The van der Waals surface area contributed by atoms with Gasteiger partial charge in [-0.15, -0.1) is 0 Å². The molecule has 0 amide bonds. The second-order valence-electron chi connectivity index (χ2n) is 5.21. The summed E-state index contributed by atoms with van der Waals surface area (Å²) < 4.78 is 0. The normalized spacial score (nSPS) is 35.0. The first kappa shape index (κ1) is 12.1. The molecular formula is C14H26N2. The van der Waals surface area contributed by atoms with Gasteiger partial charge in [0, 0.05) is 24.7 Å². The van der Waals surface area contributed by atoms with Crippen LogP contribution in [0.25, 0.3) is 0 Å². The third-order valence-electron chi connectivity index (χ3n) is 4.17. The number of nitrogens with one attached hydrogen (secondary N) is 1. The van der Waals surface area contributed by atoms with Crippen molar-refractivity contribution in [3.63, 3.8) is 0 Å². The molecule has 2 fully saturated rings. The van der Waals surface area contributed by atoms with Crippen LogP contribution < -0.4 is 5.32 Å². The van der Waals surface area contributed by atoms with E-state index < -0.39 is 0 Å². The summed E-state index contributed by atoms with van der Waals surface area (Å²) in [7, 11) is 0. The molecule has 0 aliphatic carbocycles. The molecule has 2 unspecified atom stereocenters. The van der Waals surface area contributed by atoms with E-state index in [9.17, 15) is 0 Å². The molecule has 2 aliphatic heterocycles.